The Bertz CT molecular complexity index is 817. The fourth-order valence-electron chi connectivity index (χ4n) is 2.03. The minimum Gasteiger partial charge on any atom is -0.478 e. The van der Waals surface area contributed by atoms with Crippen molar-refractivity contribution in [3.05, 3.63) is 63.5 Å². The van der Waals surface area contributed by atoms with Crippen molar-refractivity contribution in [2.45, 2.75) is 4.90 Å². The van der Waals surface area contributed by atoms with Crippen LogP contribution in [-0.4, -0.2) is 17.0 Å². The predicted molar refractivity (Wildman–Crippen MR) is 87.3 cm³/mol. The number of thioether (sulfide) groups is 1. The molecule has 4 nitrogen and oxygen atoms in total. The van der Waals surface area contributed by atoms with Gasteiger partial charge >= 0.3 is 5.97 Å². The quantitative estimate of drug-likeness (QED) is 0.812. The molecule has 0 aromatic heterocycles. The maximum Gasteiger partial charge on any atom is 0.335 e. The number of anilines is 1. The maximum absolute atomic E-state index is 12.2. The van der Waals surface area contributed by atoms with Gasteiger partial charge in [0.1, 0.15) is 0 Å². The molecule has 0 radical (unpaired) electrons. The van der Waals surface area contributed by atoms with Crippen molar-refractivity contribution in [2.75, 3.05) is 5.32 Å². The first-order chi connectivity index (χ1) is 10.5. The van der Waals surface area contributed by atoms with Gasteiger partial charge in [-0.05, 0) is 35.9 Å². The van der Waals surface area contributed by atoms with Crippen LogP contribution in [-0.2, 0) is 4.79 Å². The van der Waals surface area contributed by atoms with E-state index in [0.717, 1.165) is 10.5 Å². The number of rotatable bonds is 2. The van der Waals surface area contributed by atoms with Crippen molar-refractivity contribution in [3.63, 3.8) is 0 Å². The molecule has 0 saturated heterocycles. The van der Waals surface area contributed by atoms with Gasteiger partial charge in [0.2, 0.25) is 0 Å². The zero-order chi connectivity index (χ0) is 15.7. The van der Waals surface area contributed by atoms with Crippen LogP contribution in [0.4, 0.5) is 5.69 Å². The van der Waals surface area contributed by atoms with Gasteiger partial charge < -0.3 is 10.4 Å². The topological polar surface area (TPSA) is 66.4 Å². The number of carboxylic acids is 1. The van der Waals surface area contributed by atoms with Crippen LogP contribution in [0, 0.1) is 0 Å². The Morgan fingerprint density at radius 1 is 1.23 bits per heavy atom. The molecule has 0 aliphatic carbocycles. The largest absolute Gasteiger partial charge is 0.478 e. The van der Waals surface area contributed by atoms with Gasteiger partial charge in [-0.15, -0.1) is 0 Å². The molecule has 1 heterocycles. The average molecular weight is 332 g/mol. The van der Waals surface area contributed by atoms with E-state index in [-0.39, 0.29) is 11.5 Å². The van der Waals surface area contributed by atoms with E-state index in [4.69, 9.17) is 16.7 Å². The number of carbonyl (C=O) groups is 2. The van der Waals surface area contributed by atoms with Gasteiger partial charge in [-0.3, -0.25) is 4.79 Å². The van der Waals surface area contributed by atoms with E-state index in [0.29, 0.717) is 15.6 Å². The fourth-order valence-corrected chi connectivity index (χ4v) is 3.14. The van der Waals surface area contributed by atoms with E-state index in [1.165, 1.54) is 23.9 Å². The Hall–Kier alpha value is -2.24. The van der Waals surface area contributed by atoms with Gasteiger partial charge in [-0.1, -0.05) is 41.6 Å². The molecule has 0 unspecified atom stereocenters. The number of fused-ring (bicyclic) bond motifs is 1. The molecule has 1 aliphatic rings. The van der Waals surface area contributed by atoms with E-state index >= 15 is 0 Å². The predicted octanol–water partition coefficient (Wildman–Crippen LogP) is 4.12. The molecule has 0 saturated carbocycles. The van der Waals surface area contributed by atoms with E-state index in [1.54, 1.807) is 18.2 Å². The molecule has 2 aromatic carbocycles. The lowest BCUT2D eigenvalue weighted by molar-refractivity contribution is -0.112. The van der Waals surface area contributed by atoms with Crippen LogP contribution in [0.15, 0.2) is 52.3 Å². The Labute approximate surface area is 135 Å². The third kappa shape index (κ3) is 2.86. The molecule has 6 heteroatoms. The van der Waals surface area contributed by atoms with E-state index in [2.05, 4.69) is 5.32 Å². The number of hydrogen-bond acceptors (Lipinski definition) is 3. The highest BCUT2D eigenvalue weighted by atomic mass is 35.5. The van der Waals surface area contributed by atoms with Crippen molar-refractivity contribution < 1.29 is 14.7 Å². The van der Waals surface area contributed by atoms with Crippen molar-refractivity contribution >= 4 is 47.0 Å². The third-order valence-corrected chi connectivity index (χ3v) is 4.55. The van der Waals surface area contributed by atoms with Gasteiger partial charge in [-0.2, -0.15) is 0 Å². The second-order valence-electron chi connectivity index (χ2n) is 4.60. The molecule has 22 heavy (non-hydrogen) atoms. The minimum atomic E-state index is -1.03. The lowest BCUT2D eigenvalue weighted by Crippen LogP contribution is -2.17. The number of halogens is 1. The molecule has 1 aliphatic heterocycles. The first-order valence-electron chi connectivity index (χ1n) is 6.37. The molecule has 2 N–H and O–H groups in total. The third-order valence-electron chi connectivity index (χ3n) is 3.11. The first kappa shape index (κ1) is 14.7. The van der Waals surface area contributed by atoms with Crippen molar-refractivity contribution in [2.24, 2.45) is 0 Å². The van der Waals surface area contributed by atoms with Crippen LogP contribution in [0.25, 0.3) is 6.08 Å². The normalized spacial score (nSPS) is 15.3. The Morgan fingerprint density at radius 2 is 2.00 bits per heavy atom. The summed E-state index contributed by atoms with van der Waals surface area (Å²) in [4.78, 5) is 24.4. The van der Waals surface area contributed by atoms with Crippen molar-refractivity contribution in [3.8, 4) is 0 Å². The van der Waals surface area contributed by atoms with Gasteiger partial charge in [-0.25, -0.2) is 4.79 Å². The SMILES string of the molecule is O=C1Nc2cc(C(=O)O)ccc2SC1=Cc1ccccc1Cl. The van der Waals surface area contributed by atoms with E-state index < -0.39 is 5.97 Å². The molecule has 0 atom stereocenters. The molecule has 0 spiro atoms. The monoisotopic (exact) mass is 331 g/mol. The number of aromatic carboxylic acids is 1. The van der Waals surface area contributed by atoms with Crippen molar-refractivity contribution in [1.82, 2.24) is 0 Å². The molecular formula is C16H10ClNO3S. The summed E-state index contributed by atoms with van der Waals surface area (Å²) in [5, 5.41) is 12.3. The molecule has 1 amide bonds. The summed E-state index contributed by atoms with van der Waals surface area (Å²) >= 11 is 7.38. The van der Waals surface area contributed by atoms with Gasteiger partial charge in [0, 0.05) is 9.92 Å². The minimum absolute atomic E-state index is 0.137. The van der Waals surface area contributed by atoms with Gasteiger partial charge in [0.05, 0.1) is 16.2 Å². The number of carbonyl (C=O) groups excluding carboxylic acids is 1. The van der Waals surface area contributed by atoms with Gasteiger partial charge in [0.15, 0.2) is 0 Å². The van der Waals surface area contributed by atoms with Crippen LogP contribution in [0.1, 0.15) is 15.9 Å². The highest BCUT2D eigenvalue weighted by Gasteiger charge is 2.22. The summed E-state index contributed by atoms with van der Waals surface area (Å²) in [5.41, 5.74) is 1.40. The molecule has 3 rings (SSSR count). The Kier molecular flexibility index (Phi) is 3.92. The average Bonchev–Trinajstić information content (AvgIpc) is 2.49. The molecule has 0 bridgehead atoms. The molecule has 110 valence electrons. The highest BCUT2D eigenvalue weighted by Crippen LogP contribution is 2.39. The lowest BCUT2D eigenvalue weighted by Gasteiger charge is -2.19. The van der Waals surface area contributed by atoms with Crippen LogP contribution in [0.3, 0.4) is 0 Å². The van der Waals surface area contributed by atoms with Gasteiger partial charge in [0.25, 0.3) is 5.91 Å². The molecule has 0 fully saturated rings. The summed E-state index contributed by atoms with van der Waals surface area (Å²) < 4.78 is 0. The summed E-state index contributed by atoms with van der Waals surface area (Å²) in [6.45, 7) is 0. The van der Waals surface area contributed by atoms with Crippen LogP contribution in [0.2, 0.25) is 5.02 Å². The fraction of sp³-hybridized carbons (Fsp3) is 0. The number of carboxylic acid groups (broad SMARTS) is 1. The molecule has 2 aromatic rings. The highest BCUT2D eigenvalue weighted by molar-refractivity contribution is 8.04. The standard InChI is InChI=1S/C16H10ClNO3S/c17-11-4-2-1-3-9(11)8-14-15(19)18-12-7-10(16(20)21)5-6-13(12)22-14/h1-8H,(H,18,19)(H,20,21). The van der Waals surface area contributed by atoms with Crippen LogP contribution < -0.4 is 5.32 Å². The molecular weight excluding hydrogens is 322 g/mol. The number of amides is 1. The van der Waals surface area contributed by atoms with Crippen LogP contribution >= 0.6 is 23.4 Å². The zero-order valence-electron chi connectivity index (χ0n) is 11.2. The lowest BCUT2D eigenvalue weighted by atomic mass is 10.2. The summed E-state index contributed by atoms with van der Waals surface area (Å²) in [6.07, 6.45) is 1.72. The first-order valence-corrected chi connectivity index (χ1v) is 7.57. The number of benzene rings is 2. The second-order valence-corrected chi connectivity index (χ2v) is 6.09. The maximum atomic E-state index is 12.2. The Balaban J connectivity index is 1.97. The van der Waals surface area contributed by atoms with E-state index in [1.807, 2.05) is 18.2 Å². The number of nitrogens with one attached hydrogen (secondary N) is 1. The van der Waals surface area contributed by atoms with E-state index in [9.17, 15) is 9.59 Å². The Morgan fingerprint density at radius 3 is 2.73 bits per heavy atom. The summed E-state index contributed by atoms with van der Waals surface area (Å²) in [5.74, 6) is -1.31. The van der Waals surface area contributed by atoms with Crippen LogP contribution in [0.5, 0.6) is 0 Å². The smallest absolute Gasteiger partial charge is 0.335 e. The second kappa shape index (κ2) is 5.87. The summed E-state index contributed by atoms with van der Waals surface area (Å²) in [6, 6.07) is 11.9. The zero-order valence-corrected chi connectivity index (χ0v) is 12.7. The van der Waals surface area contributed by atoms with Crippen molar-refractivity contribution in [1.29, 1.82) is 0 Å². The number of hydrogen-bond donors (Lipinski definition) is 2. The summed E-state index contributed by atoms with van der Waals surface area (Å²) in [7, 11) is 0.